The molecule has 0 spiro atoms. The molecule has 5 nitrogen and oxygen atoms in total. The zero-order valence-corrected chi connectivity index (χ0v) is 15.6. The van der Waals surface area contributed by atoms with Gasteiger partial charge in [0.05, 0.1) is 12.2 Å². The van der Waals surface area contributed by atoms with Crippen LogP contribution in [-0.4, -0.2) is 45.7 Å². The first-order valence-electron chi connectivity index (χ1n) is 9.97. The van der Waals surface area contributed by atoms with E-state index in [9.17, 15) is 24.9 Å². The second kappa shape index (κ2) is 5.98. The third kappa shape index (κ3) is 2.26. The lowest BCUT2D eigenvalue weighted by Gasteiger charge is -2.60. The van der Waals surface area contributed by atoms with Gasteiger partial charge in [-0.1, -0.05) is 19.4 Å². The van der Waals surface area contributed by atoms with Crippen molar-refractivity contribution in [1.29, 1.82) is 0 Å². The van der Waals surface area contributed by atoms with Crippen LogP contribution in [-0.2, 0) is 9.59 Å². The van der Waals surface area contributed by atoms with E-state index in [1.54, 1.807) is 6.08 Å². The third-order valence-corrected chi connectivity index (χ3v) is 8.55. The molecule has 4 rings (SSSR count). The molecule has 4 aliphatic rings. The monoisotopic (exact) mass is 362 g/mol. The molecule has 8 atom stereocenters. The van der Waals surface area contributed by atoms with Crippen LogP contribution in [0.5, 0.6) is 0 Å². The molecule has 0 radical (unpaired) electrons. The van der Waals surface area contributed by atoms with E-state index in [1.807, 2.05) is 6.92 Å². The van der Waals surface area contributed by atoms with Crippen molar-refractivity contribution in [2.45, 2.75) is 64.6 Å². The molecule has 5 heteroatoms. The van der Waals surface area contributed by atoms with Crippen molar-refractivity contribution < 1.29 is 24.9 Å². The predicted molar refractivity (Wildman–Crippen MR) is 95.1 cm³/mol. The highest BCUT2D eigenvalue weighted by Crippen LogP contribution is 2.66. The highest BCUT2D eigenvalue weighted by atomic mass is 16.3. The molecular formula is C21H30O5. The normalized spacial score (nSPS) is 50.5. The van der Waals surface area contributed by atoms with Gasteiger partial charge in [-0.25, -0.2) is 0 Å². The van der Waals surface area contributed by atoms with Crippen LogP contribution in [0.1, 0.15) is 52.4 Å². The molecule has 0 amide bonds. The average Bonchev–Trinajstić information content (AvgIpc) is 2.92. The number of carbonyl (C=O) groups is 2. The summed E-state index contributed by atoms with van der Waals surface area (Å²) in [6.45, 7) is 3.70. The lowest BCUT2D eigenvalue weighted by Crippen LogP contribution is -2.60. The number of aliphatic hydroxyl groups excluding tert-OH is 3. The molecule has 0 aromatic rings. The van der Waals surface area contributed by atoms with Crippen molar-refractivity contribution in [2.75, 3.05) is 6.61 Å². The minimum absolute atomic E-state index is 0.0203. The first-order chi connectivity index (χ1) is 12.2. The van der Waals surface area contributed by atoms with Crippen molar-refractivity contribution >= 4 is 11.6 Å². The van der Waals surface area contributed by atoms with Gasteiger partial charge in [0.2, 0.25) is 0 Å². The van der Waals surface area contributed by atoms with Crippen LogP contribution in [0.2, 0.25) is 0 Å². The van der Waals surface area contributed by atoms with E-state index < -0.39 is 24.2 Å². The van der Waals surface area contributed by atoms with E-state index in [1.165, 1.54) is 0 Å². The molecular weight excluding hydrogens is 332 g/mol. The summed E-state index contributed by atoms with van der Waals surface area (Å²) in [5.74, 6) is 0.173. The van der Waals surface area contributed by atoms with Crippen LogP contribution in [0.15, 0.2) is 11.6 Å². The highest BCUT2D eigenvalue weighted by Gasteiger charge is 2.64. The van der Waals surface area contributed by atoms with Gasteiger partial charge in [-0.15, -0.1) is 0 Å². The fourth-order valence-electron chi connectivity index (χ4n) is 7.36. The Hall–Kier alpha value is -1.04. The van der Waals surface area contributed by atoms with Crippen molar-refractivity contribution in [2.24, 2.45) is 34.5 Å². The van der Waals surface area contributed by atoms with Gasteiger partial charge >= 0.3 is 0 Å². The first kappa shape index (κ1) is 18.3. The van der Waals surface area contributed by atoms with Gasteiger partial charge in [0.1, 0.15) is 6.61 Å². The smallest absolute Gasteiger partial charge is 0.161 e. The summed E-state index contributed by atoms with van der Waals surface area (Å²) in [5.41, 5.74) is 0.149. The Morgan fingerprint density at radius 3 is 2.65 bits per heavy atom. The van der Waals surface area contributed by atoms with Gasteiger partial charge in [0, 0.05) is 17.8 Å². The molecule has 0 aromatic carbocycles. The molecule has 1 unspecified atom stereocenters. The molecule has 0 heterocycles. The number of hydrogen-bond donors (Lipinski definition) is 3. The number of Topliss-reactive ketones (excluding diaryl/α,β-unsaturated/α-hetero) is 1. The topological polar surface area (TPSA) is 94.8 Å². The molecule has 3 saturated carbocycles. The summed E-state index contributed by atoms with van der Waals surface area (Å²) < 4.78 is 0. The fourth-order valence-corrected chi connectivity index (χ4v) is 7.36. The Kier molecular flexibility index (Phi) is 4.22. The molecule has 0 bridgehead atoms. The van der Waals surface area contributed by atoms with Crippen LogP contribution in [0.4, 0.5) is 0 Å². The van der Waals surface area contributed by atoms with Crippen molar-refractivity contribution in [3.63, 3.8) is 0 Å². The summed E-state index contributed by atoms with van der Waals surface area (Å²) in [7, 11) is 0. The lowest BCUT2D eigenvalue weighted by molar-refractivity contribution is -0.162. The Morgan fingerprint density at radius 2 is 1.96 bits per heavy atom. The Labute approximate surface area is 154 Å². The maximum Gasteiger partial charge on any atom is 0.161 e. The van der Waals surface area contributed by atoms with Gasteiger partial charge < -0.3 is 15.3 Å². The minimum Gasteiger partial charge on any atom is -0.393 e. The SMILES string of the molecule is C[C@]12C[C@H](O)[C@H]3[C@@H](CCC4=CC(=O)CC(O)[C@@]43C)[C@@H]1CC[C@@H]2C(=O)CO. The van der Waals surface area contributed by atoms with Crippen molar-refractivity contribution in [3.05, 3.63) is 11.6 Å². The van der Waals surface area contributed by atoms with Gasteiger partial charge in [-0.05, 0) is 61.3 Å². The van der Waals surface area contributed by atoms with E-state index in [0.29, 0.717) is 12.3 Å². The lowest BCUT2D eigenvalue weighted by atomic mass is 9.45. The minimum atomic E-state index is -0.752. The second-order valence-electron chi connectivity index (χ2n) is 9.50. The number of hydrogen-bond acceptors (Lipinski definition) is 5. The quantitative estimate of drug-likeness (QED) is 0.694. The molecule has 144 valence electrons. The van der Waals surface area contributed by atoms with Gasteiger partial charge in [0.15, 0.2) is 11.6 Å². The maximum absolute atomic E-state index is 12.3. The standard InChI is InChI=1S/C21H30O5/c1-20-9-16(24)19-13(14(20)5-6-15(20)17(25)10-22)4-3-11-7-12(23)8-18(26)21(11,19)2/h7,13-16,18-19,22,24,26H,3-6,8-10H2,1-2H3/t13-,14-,15+,16-,18?,19+,20-,21+/m0/s1. The summed E-state index contributed by atoms with van der Waals surface area (Å²) in [5, 5.41) is 31.4. The molecule has 3 fully saturated rings. The predicted octanol–water partition coefficient (Wildman–Crippen LogP) is 1.64. The van der Waals surface area contributed by atoms with Gasteiger partial charge in [-0.2, -0.15) is 0 Å². The number of fused-ring (bicyclic) bond motifs is 5. The zero-order chi connectivity index (χ0) is 18.9. The highest BCUT2D eigenvalue weighted by molar-refractivity contribution is 5.92. The second-order valence-corrected chi connectivity index (χ2v) is 9.50. The molecule has 26 heavy (non-hydrogen) atoms. The van der Waals surface area contributed by atoms with Gasteiger partial charge in [-0.3, -0.25) is 9.59 Å². The van der Waals surface area contributed by atoms with E-state index in [2.05, 4.69) is 6.92 Å². The molecule has 3 N–H and O–H groups in total. The Balaban J connectivity index is 1.73. The van der Waals surface area contributed by atoms with Crippen LogP contribution in [0.3, 0.4) is 0 Å². The average molecular weight is 362 g/mol. The first-order valence-corrected chi connectivity index (χ1v) is 9.97. The van der Waals surface area contributed by atoms with Crippen LogP contribution < -0.4 is 0 Å². The van der Waals surface area contributed by atoms with Crippen LogP contribution in [0, 0.1) is 34.5 Å². The van der Waals surface area contributed by atoms with E-state index in [-0.39, 0.29) is 41.2 Å². The molecule has 0 aliphatic heterocycles. The molecule has 0 saturated heterocycles. The Bertz CT molecular complexity index is 669. The molecule has 0 aromatic heterocycles. The van der Waals surface area contributed by atoms with Crippen LogP contribution in [0.25, 0.3) is 0 Å². The van der Waals surface area contributed by atoms with E-state index >= 15 is 0 Å². The maximum atomic E-state index is 12.3. The summed E-state index contributed by atoms with van der Waals surface area (Å²) >= 11 is 0. The van der Waals surface area contributed by atoms with E-state index in [4.69, 9.17) is 0 Å². The van der Waals surface area contributed by atoms with Crippen molar-refractivity contribution in [3.8, 4) is 0 Å². The number of rotatable bonds is 2. The third-order valence-electron chi connectivity index (χ3n) is 8.55. The number of ketones is 2. The van der Waals surface area contributed by atoms with Crippen molar-refractivity contribution in [1.82, 2.24) is 0 Å². The van der Waals surface area contributed by atoms with Gasteiger partial charge in [0.25, 0.3) is 0 Å². The molecule has 4 aliphatic carbocycles. The fraction of sp³-hybridized carbons (Fsp3) is 0.810. The summed E-state index contributed by atoms with van der Waals surface area (Å²) in [6.07, 6.45) is 4.38. The largest absolute Gasteiger partial charge is 0.393 e. The van der Waals surface area contributed by atoms with Crippen LogP contribution >= 0.6 is 0 Å². The summed E-state index contributed by atoms with van der Waals surface area (Å²) in [4.78, 5) is 24.2. The van der Waals surface area contributed by atoms with E-state index in [0.717, 1.165) is 31.3 Å². The summed E-state index contributed by atoms with van der Waals surface area (Å²) in [6, 6.07) is 0. The zero-order valence-electron chi connectivity index (χ0n) is 15.6. The number of carbonyl (C=O) groups excluding carboxylic acids is 2. The Morgan fingerprint density at radius 1 is 1.23 bits per heavy atom. The number of aliphatic hydroxyl groups is 3.